The second-order valence-electron chi connectivity index (χ2n) is 7.12. The SMILES string of the molecule is O=c1[nH]c(-c2cccnc2)nc2c1CN(Cc1cccn1-c1cccnc1)CC2. The van der Waals surface area contributed by atoms with Crippen LogP contribution in [0.15, 0.2) is 72.2 Å². The molecule has 0 aliphatic carbocycles. The number of fused-ring (bicyclic) bond motifs is 1. The van der Waals surface area contributed by atoms with Gasteiger partial charge in [0.25, 0.3) is 5.56 Å². The van der Waals surface area contributed by atoms with Gasteiger partial charge < -0.3 is 9.55 Å². The molecule has 5 heterocycles. The highest BCUT2D eigenvalue weighted by Gasteiger charge is 2.22. The fraction of sp³-hybridized carbons (Fsp3) is 0.182. The first-order valence-electron chi connectivity index (χ1n) is 9.59. The van der Waals surface area contributed by atoms with Gasteiger partial charge in [0.05, 0.1) is 23.1 Å². The highest BCUT2D eigenvalue weighted by Crippen LogP contribution is 2.20. The van der Waals surface area contributed by atoms with Crippen LogP contribution >= 0.6 is 0 Å². The monoisotopic (exact) mass is 384 g/mol. The van der Waals surface area contributed by atoms with Crippen LogP contribution in [-0.2, 0) is 19.5 Å². The van der Waals surface area contributed by atoms with E-state index in [-0.39, 0.29) is 5.56 Å². The van der Waals surface area contributed by atoms with Gasteiger partial charge in [-0.1, -0.05) is 0 Å². The van der Waals surface area contributed by atoms with Crippen LogP contribution in [0.25, 0.3) is 17.1 Å². The summed E-state index contributed by atoms with van der Waals surface area (Å²) in [6.07, 6.45) is 9.83. The predicted octanol–water partition coefficient (Wildman–Crippen LogP) is 2.58. The molecule has 144 valence electrons. The van der Waals surface area contributed by atoms with Gasteiger partial charge in [-0.15, -0.1) is 0 Å². The van der Waals surface area contributed by atoms with Crippen molar-refractivity contribution in [3.63, 3.8) is 0 Å². The van der Waals surface area contributed by atoms with Gasteiger partial charge >= 0.3 is 0 Å². The molecule has 0 aromatic carbocycles. The van der Waals surface area contributed by atoms with Crippen molar-refractivity contribution >= 4 is 0 Å². The Hall–Kier alpha value is -3.58. The predicted molar refractivity (Wildman–Crippen MR) is 109 cm³/mol. The van der Waals surface area contributed by atoms with Crippen molar-refractivity contribution in [2.45, 2.75) is 19.5 Å². The van der Waals surface area contributed by atoms with E-state index in [0.717, 1.165) is 47.7 Å². The van der Waals surface area contributed by atoms with Gasteiger partial charge in [0.2, 0.25) is 0 Å². The van der Waals surface area contributed by atoms with Gasteiger partial charge in [-0.25, -0.2) is 4.98 Å². The summed E-state index contributed by atoms with van der Waals surface area (Å²) >= 11 is 0. The number of nitrogens with one attached hydrogen (secondary N) is 1. The summed E-state index contributed by atoms with van der Waals surface area (Å²) in [7, 11) is 0. The second-order valence-corrected chi connectivity index (χ2v) is 7.12. The van der Waals surface area contributed by atoms with E-state index >= 15 is 0 Å². The van der Waals surface area contributed by atoms with E-state index < -0.39 is 0 Å². The van der Waals surface area contributed by atoms with Crippen molar-refractivity contribution in [1.82, 2.24) is 29.4 Å². The lowest BCUT2D eigenvalue weighted by Gasteiger charge is -2.28. The van der Waals surface area contributed by atoms with Gasteiger partial charge in [0, 0.05) is 62.1 Å². The van der Waals surface area contributed by atoms with Gasteiger partial charge in [0.15, 0.2) is 0 Å². The molecule has 1 aliphatic rings. The van der Waals surface area contributed by atoms with Crippen molar-refractivity contribution in [1.29, 1.82) is 0 Å². The molecule has 0 bridgehead atoms. The molecule has 4 aromatic rings. The molecule has 1 aliphatic heterocycles. The third-order valence-electron chi connectivity index (χ3n) is 5.23. The first kappa shape index (κ1) is 17.5. The van der Waals surface area contributed by atoms with E-state index in [2.05, 4.69) is 30.5 Å². The lowest BCUT2D eigenvalue weighted by molar-refractivity contribution is 0.238. The molecule has 0 amide bonds. The lowest BCUT2D eigenvalue weighted by Crippen LogP contribution is -2.35. The second kappa shape index (κ2) is 7.44. The standard InChI is InChI=1S/C22H20N6O/c29-22-19-15-27(14-18-6-3-10-28(18)17-5-2-9-24-13-17)11-7-20(19)25-21(26-22)16-4-1-8-23-12-16/h1-6,8-10,12-13H,7,11,14-15H2,(H,25,26,29). The van der Waals surface area contributed by atoms with E-state index in [9.17, 15) is 4.79 Å². The molecule has 0 spiro atoms. The van der Waals surface area contributed by atoms with E-state index in [1.165, 1.54) is 0 Å². The van der Waals surface area contributed by atoms with Crippen LogP contribution < -0.4 is 5.56 Å². The first-order chi connectivity index (χ1) is 14.3. The summed E-state index contributed by atoms with van der Waals surface area (Å²) < 4.78 is 2.14. The van der Waals surface area contributed by atoms with Crippen LogP contribution in [0.3, 0.4) is 0 Å². The molecule has 0 saturated carbocycles. The minimum atomic E-state index is -0.0683. The minimum absolute atomic E-state index is 0.0683. The topological polar surface area (TPSA) is 79.7 Å². The van der Waals surface area contributed by atoms with Gasteiger partial charge in [-0.05, 0) is 36.4 Å². The molecule has 0 saturated heterocycles. The number of H-pyrrole nitrogens is 1. The Balaban J connectivity index is 1.39. The fourth-order valence-electron chi connectivity index (χ4n) is 3.78. The maximum atomic E-state index is 12.7. The van der Waals surface area contributed by atoms with Crippen LogP contribution in [0.2, 0.25) is 0 Å². The summed E-state index contributed by atoms with van der Waals surface area (Å²) in [5.74, 6) is 0.584. The zero-order valence-electron chi connectivity index (χ0n) is 15.8. The number of hydrogen-bond acceptors (Lipinski definition) is 5. The molecular formula is C22H20N6O. The van der Waals surface area contributed by atoms with Crippen molar-refractivity contribution in [2.75, 3.05) is 6.54 Å². The lowest BCUT2D eigenvalue weighted by atomic mass is 10.1. The van der Waals surface area contributed by atoms with Crippen LogP contribution in [0.1, 0.15) is 17.0 Å². The Morgan fingerprint density at radius 2 is 1.90 bits per heavy atom. The van der Waals surface area contributed by atoms with E-state index in [4.69, 9.17) is 4.98 Å². The summed E-state index contributed by atoms with van der Waals surface area (Å²) in [6, 6.07) is 11.9. The Morgan fingerprint density at radius 3 is 2.69 bits per heavy atom. The van der Waals surface area contributed by atoms with Crippen LogP contribution in [0, 0.1) is 0 Å². The average Bonchev–Trinajstić information content (AvgIpc) is 3.23. The highest BCUT2D eigenvalue weighted by atomic mass is 16.1. The molecule has 0 radical (unpaired) electrons. The maximum absolute atomic E-state index is 12.7. The third kappa shape index (κ3) is 3.48. The molecule has 0 atom stereocenters. The number of aromatic amines is 1. The van der Waals surface area contributed by atoms with E-state index in [1.54, 1.807) is 18.6 Å². The Kier molecular flexibility index (Phi) is 4.50. The molecule has 7 nitrogen and oxygen atoms in total. The van der Waals surface area contributed by atoms with Gasteiger partial charge in [0.1, 0.15) is 5.82 Å². The zero-order valence-corrected chi connectivity index (χ0v) is 15.8. The minimum Gasteiger partial charge on any atom is -0.318 e. The average molecular weight is 384 g/mol. The molecule has 5 rings (SSSR count). The molecule has 29 heavy (non-hydrogen) atoms. The molecule has 0 fully saturated rings. The largest absolute Gasteiger partial charge is 0.318 e. The van der Waals surface area contributed by atoms with Crippen LogP contribution in [0.4, 0.5) is 0 Å². The van der Waals surface area contributed by atoms with Crippen molar-refractivity contribution < 1.29 is 0 Å². The summed E-state index contributed by atoms with van der Waals surface area (Å²) in [5, 5.41) is 0. The van der Waals surface area contributed by atoms with Gasteiger partial charge in [-0.3, -0.25) is 19.7 Å². The number of nitrogens with zero attached hydrogens (tertiary/aromatic N) is 5. The summed E-state index contributed by atoms with van der Waals surface area (Å²) in [5.41, 5.74) is 4.59. The van der Waals surface area contributed by atoms with Crippen molar-refractivity contribution in [3.05, 3.63) is 94.7 Å². The zero-order chi connectivity index (χ0) is 19.6. The summed E-state index contributed by atoms with van der Waals surface area (Å²) in [6.45, 7) is 2.20. The third-order valence-corrected chi connectivity index (χ3v) is 5.23. The molecular weight excluding hydrogens is 364 g/mol. The van der Waals surface area contributed by atoms with E-state index in [1.807, 2.05) is 42.7 Å². The Labute approximate surface area is 167 Å². The fourth-order valence-corrected chi connectivity index (χ4v) is 3.78. The summed E-state index contributed by atoms with van der Waals surface area (Å²) in [4.78, 5) is 31.0. The normalized spacial score (nSPS) is 13.9. The van der Waals surface area contributed by atoms with Gasteiger partial charge in [-0.2, -0.15) is 0 Å². The van der Waals surface area contributed by atoms with Crippen molar-refractivity contribution in [2.24, 2.45) is 0 Å². The first-order valence-corrected chi connectivity index (χ1v) is 9.59. The number of rotatable bonds is 4. The maximum Gasteiger partial charge on any atom is 0.255 e. The Morgan fingerprint density at radius 1 is 1.03 bits per heavy atom. The number of pyridine rings is 2. The van der Waals surface area contributed by atoms with Crippen LogP contribution in [-0.4, -0.2) is 35.9 Å². The van der Waals surface area contributed by atoms with Crippen LogP contribution in [0.5, 0.6) is 0 Å². The number of hydrogen-bond donors (Lipinski definition) is 1. The molecule has 4 aromatic heterocycles. The number of aromatic nitrogens is 5. The van der Waals surface area contributed by atoms with E-state index in [0.29, 0.717) is 12.4 Å². The quantitative estimate of drug-likeness (QED) is 0.585. The highest BCUT2D eigenvalue weighted by molar-refractivity contribution is 5.53. The molecule has 1 N–H and O–H groups in total. The van der Waals surface area contributed by atoms with Crippen molar-refractivity contribution in [3.8, 4) is 17.1 Å². The smallest absolute Gasteiger partial charge is 0.255 e. The molecule has 7 heteroatoms. The molecule has 0 unspecified atom stereocenters. The Bertz CT molecular complexity index is 1180.